The normalized spacial score (nSPS) is 9.86. The van der Waals surface area contributed by atoms with Crippen LogP contribution in [0.5, 0.6) is 5.75 Å². The fourth-order valence-corrected chi connectivity index (χ4v) is 2.20. The number of benzene rings is 1. The highest BCUT2D eigenvalue weighted by Gasteiger charge is 2.17. The summed E-state index contributed by atoms with van der Waals surface area (Å²) in [5.74, 6) is 0.138. The third-order valence-corrected chi connectivity index (χ3v) is 3.34. The molecule has 0 unspecified atom stereocenters. The Hall–Kier alpha value is -2.65. The second kappa shape index (κ2) is 6.87. The van der Waals surface area contributed by atoms with Crippen LogP contribution in [0.15, 0.2) is 30.3 Å². The minimum Gasteiger partial charge on any atom is -0.497 e. The van der Waals surface area contributed by atoms with Crippen molar-refractivity contribution in [1.29, 1.82) is 5.26 Å². The van der Waals surface area contributed by atoms with E-state index in [1.54, 1.807) is 32.2 Å². The summed E-state index contributed by atoms with van der Waals surface area (Å²) in [6, 6.07) is 10.6. The Bertz CT molecular complexity index is 806. The monoisotopic (exact) mass is 314 g/mol. The first-order chi connectivity index (χ1) is 10.6. The first-order valence-corrected chi connectivity index (χ1v) is 7.00. The van der Waals surface area contributed by atoms with Crippen LogP contribution >= 0.6 is 12.2 Å². The highest BCUT2D eigenvalue weighted by atomic mass is 32.1. The molecule has 2 aromatic rings. The van der Waals surface area contributed by atoms with Gasteiger partial charge in [0.15, 0.2) is 0 Å². The lowest BCUT2D eigenvalue weighted by Gasteiger charge is -2.11. The number of aromatic nitrogens is 1. The molecule has 0 amide bonds. The van der Waals surface area contributed by atoms with Crippen LogP contribution in [0.4, 0.5) is 0 Å². The van der Waals surface area contributed by atoms with Crippen LogP contribution in [0.1, 0.15) is 22.8 Å². The number of carbonyl (C=O) groups excluding carboxylic acids is 1. The Kier molecular flexibility index (Phi) is 4.92. The number of nitrogens with one attached hydrogen (secondary N) is 1. The molecule has 112 valence electrons. The quantitative estimate of drug-likeness (QED) is 0.691. The SMILES string of the molecule is CCOC(=O)c1cc(C#N)c(=S)[nH]c1-c1cccc(OC)c1. The van der Waals surface area contributed by atoms with Gasteiger partial charge in [-0.1, -0.05) is 24.4 Å². The number of nitrogens with zero attached hydrogens (tertiary/aromatic N) is 1. The molecule has 5 nitrogen and oxygen atoms in total. The zero-order valence-electron chi connectivity index (χ0n) is 12.2. The number of aromatic amines is 1. The smallest absolute Gasteiger partial charge is 0.340 e. The summed E-state index contributed by atoms with van der Waals surface area (Å²) in [4.78, 5) is 15.1. The summed E-state index contributed by atoms with van der Waals surface area (Å²) in [6.07, 6.45) is 0. The van der Waals surface area contributed by atoms with Crippen LogP contribution in [-0.4, -0.2) is 24.7 Å². The number of nitriles is 1. The molecular weight excluding hydrogens is 300 g/mol. The van der Waals surface area contributed by atoms with E-state index in [9.17, 15) is 4.79 Å². The van der Waals surface area contributed by atoms with Gasteiger partial charge in [-0.15, -0.1) is 0 Å². The molecule has 22 heavy (non-hydrogen) atoms. The Morgan fingerprint density at radius 3 is 2.82 bits per heavy atom. The number of hydrogen-bond acceptors (Lipinski definition) is 5. The molecule has 0 spiro atoms. The van der Waals surface area contributed by atoms with Crippen molar-refractivity contribution in [2.75, 3.05) is 13.7 Å². The number of H-pyrrole nitrogens is 1. The molecule has 1 aromatic heterocycles. The van der Waals surface area contributed by atoms with Gasteiger partial charge in [-0.25, -0.2) is 4.79 Å². The molecule has 0 aliphatic carbocycles. The number of methoxy groups -OCH3 is 1. The van der Waals surface area contributed by atoms with Gasteiger partial charge in [0.1, 0.15) is 16.5 Å². The highest BCUT2D eigenvalue weighted by molar-refractivity contribution is 7.71. The van der Waals surface area contributed by atoms with Crippen molar-refractivity contribution in [1.82, 2.24) is 4.98 Å². The van der Waals surface area contributed by atoms with Gasteiger partial charge in [0.05, 0.1) is 30.5 Å². The average Bonchev–Trinajstić information content (AvgIpc) is 2.54. The zero-order chi connectivity index (χ0) is 16.1. The molecule has 0 saturated heterocycles. The molecule has 0 atom stereocenters. The fraction of sp³-hybridized carbons (Fsp3) is 0.188. The van der Waals surface area contributed by atoms with Crippen LogP contribution in [0.2, 0.25) is 0 Å². The second-order valence-electron chi connectivity index (χ2n) is 4.37. The van der Waals surface area contributed by atoms with Crippen molar-refractivity contribution in [2.45, 2.75) is 6.92 Å². The Labute approximate surface area is 133 Å². The van der Waals surface area contributed by atoms with Crippen LogP contribution in [0, 0.1) is 16.0 Å². The lowest BCUT2D eigenvalue weighted by molar-refractivity contribution is 0.0527. The molecule has 1 heterocycles. The second-order valence-corrected chi connectivity index (χ2v) is 4.77. The Morgan fingerprint density at radius 2 is 2.18 bits per heavy atom. The molecule has 1 aromatic carbocycles. The largest absolute Gasteiger partial charge is 0.497 e. The molecule has 0 saturated carbocycles. The predicted molar refractivity (Wildman–Crippen MR) is 84.3 cm³/mol. The summed E-state index contributed by atoms with van der Waals surface area (Å²) in [5, 5.41) is 9.09. The molecule has 6 heteroatoms. The standard InChI is InChI=1S/C16H14N2O3S/c1-3-21-16(19)13-8-11(9-17)15(22)18-14(13)10-5-4-6-12(7-10)20-2/h4-8H,3H2,1-2H3,(H,18,22). The Morgan fingerprint density at radius 1 is 1.41 bits per heavy atom. The molecule has 0 aliphatic rings. The highest BCUT2D eigenvalue weighted by Crippen LogP contribution is 2.26. The minimum absolute atomic E-state index is 0.227. The van der Waals surface area contributed by atoms with Crippen molar-refractivity contribution < 1.29 is 14.3 Å². The van der Waals surface area contributed by atoms with Crippen LogP contribution in [0.25, 0.3) is 11.3 Å². The summed E-state index contributed by atoms with van der Waals surface area (Å²) in [6.45, 7) is 1.97. The number of carbonyl (C=O) groups is 1. The Balaban J connectivity index is 2.67. The third-order valence-electron chi connectivity index (χ3n) is 3.02. The van der Waals surface area contributed by atoms with Gasteiger partial charge >= 0.3 is 5.97 Å². The van der Waals surface area contributed by atoms with Crippen molar-refractivity contribution in [3.63, 3.8) is 0 Å². The minimum atomic E-state index is -0.511. The van der Waals surface area contributed by atoms with Crippen molar-refractivity contribution in [3.05, 3.63) is 46.1 Å². The lowest BCUT2D eigenvalue weighted by atomic mass is 10.0. The first kappa shape index (κ1) is 15.7. The van der Waals surface area contributed by atoms with E-state index in [4.69, 9.17) is 27.0 Å². The van der Waals surface area contributed by atoms with E-state index in [1.165, 1.54) is 6.07 Å². The van der Waals surface area contributed by atoms with Crippen molar-refractivity contribution in [2.24, 2.45) is 0 Å². The number of rotatable bonds is 4. The van der Waals surface area contributed by atoms with Gasteiger partial charge in [0.25, 0.3) is 0 Å². The number of ether oxygens (including phenoxy) is 2. The molecule has 0 fully saturated rings. The van der Waals surface area contributed by atoms with Gasteiger partial charge in [-0.2, -0.15) is 5.26 Å². The van der Waals surface area contributed by atoms with Crippen LogP contribution in [0.3, 0.4) is 0 Å². The van der Waals surface area contributed by atoms with Gasteiger partial charge in [-0.05, 0) is 25.1 Å². The predicted octanol–water partition coefficient (Wildman–Crippen LogP) is 3.47. The maximum atomic E-state index is 12.2. The van der Waals surface area contributed by atoms with Crippen molar-refractivity contribution >= 4 is 18.2 Å². The van der Waals surface area contributed by atoms with Gasteiger partial charge < -0.3 is 14.5 Å². The first-order valence-electron chi connectivity index (χ1n) is 6.59. The van der Waals surface area contributed by atoms with Gasteiger partial charge in [-0.3, -0.25) is 0 Å². The lowest BCUT2D eigenvalue weighted by Crippen LogP contribution is -2.09. The van der Waals surface area contributed by atoms with Crippen LogP contribution < -0.4 is 4.74 Å². The summed E-state index contributed by atoms with van der Waals surface area (Å²) in [5.41, 5.74) is 1.71. The van der Waals surface area contributed by atoms with E-state index in [0.29, 0.717) is 11.4 Å². The van der Waals surface area contributed by atoms with Gasteiger partial charge in [0, 0.05) is 5.56 Å². The third kappa shape index (κ3) is 3.15. The number of hydrogen-bond donors (Lipinski definition) is 1. The topological polar surface area (TPSA) is 75.1 Å². The van der Waals surface area contributed by atoms with E-state index >= 15 is 0 Å². The van der Waals surface area contributed by atoms with Crippen molar-refractivity contribution in [3.8, 4) is 23.1 Å². The molecule has 1 N–H and O–H groups in total. The van der Waals surface area contributed by atoms with E-state index in [2.05, 4.69) is 4.98 Å². The fourth-order valence-electron chi connectivity index (χ4n) is 1.99. The summed E-state index contributed by atoms with van der Waals surface area (Å²) >= 11 is 5.15. The number of pyridine rings is 1. The maximum absolute atomic E-state index is 12.2. The maximum Gasteiger partial charge on any atom is 0.340 e. The number of esters is 1. The van der Waals surface area contributed by atoms with E-state index in [-0.39, 0.29) is 22.4 Å². The molecule has 0 radical (unpaired) electrons. The molecular formula is C16H14N2O3S. The summed E-state index contributed by atoms with van der Waals surface area (Å²) in [7, 11) is 1.56. The van der Waals surface area contributed by atoms with E-state index in [0.717, 1.165) is 5.56 Å². The van der Waals surface area contributed by atoms with E-state index in [1.807, 2.05) is 12.1 Å². The van der Waals surface area contributed by atoms with E-state index < -0.39 is 5.97 Å². The average molecular weight is 314 g/mol. The zero-order valence-corrected chi connectivity index (χ0v) is 13.0. The molecule has 2 rings (SSSR count). The van der Waals surface area contributed by atoms with Crippen LogP contribution in [-0.2, 0) is 4.74 Å². The molecule has 0 bridgehead atoms. The summed E-state index contributed by atoms with van der Waals surface area (Å²) < 4.78 is 10.5. The molecule has 0 aliphatic heterocycles. The van der Waals surface area contributed by atoms with Gasteiger partial charge in [0.2, 0.25) is 0 Å².